The highest BCUT2D eigenvalue weighted by molar-refractivity contribution is 7.00. The van der Waals surface area contributed by atoms with Crippen molar-refractivity contribution in [2.24, 2.45) is 0 Å². The van der Waals surface area contributed by atoms with Crippen LogP contribution in [-0.4, -0.2) is 11.3 Å². The third-order valence-electron chi connectivity index (χ3n) is 24.5. The van der Waals surface area contributed by atoms with Crippen LogP contribution in [-0.2, 0) is 0 Å². The van der Waals surface area contributed by atoms with Gasteiger partial charge >= 0.3 is 0 Å². The van der Waals surface area contributed by atoms with Gasteiger partial charge in [0, 0.05) is 61.2 Å². The van der Waals surface area contributed by atoms with Crippen molar-refractivity contribution in [1.29, 1.82) is 0 Å². The third-order valence-corrected chi connectivity index (χ3v) is 24.5. The Bertz CT molecular complexity index is 7070. The van der Waals surface area contributed by atoms with Gasteiger partial charge in [-0.2, -0.15) is 0 Å². The van der Waals surface area contributed by atoms with Gasteiger partial charge in [0.25, 0.3) is 6.71 Å². The number of rotatable bonds is 12. The minimum Gasteiger partial charge on any atom is -0.310 e. The second kappa shape index (κ2) is 27.4. The summed E-state index contributed by atoms with van der Waals surface area (Å²) in [6, 6.07) is 164. The quantitative estimate of drug-likeness (QED) is 0.0892. The summed E-state index contributed by atoms with van der Waals surface area (Å²) in [5.41, 5.74) is 33.8. The molecule has 0 aliphatic carbocycles. The predicted molar refractivity (Wildman–Crippen MR) is 494 cm³/mol. The monoisotopic (exact) mass is 1470 g/mol. The van der Waals surface area contributed by atoms with Crippen LogP contribution in [0.1, 0.15) is 0 Å². The van der Waals surface area contributed by atoms with Crippen LogP contribution in [0.25, 0.3) is 171 Å². The van der Waals surface area contributed by atoms with Crippen molar-refractivity contribution in [3.05, 3.63) is 437 Å². The molecule has 2 aliphatic heterocycles. The van der Waals surface area contributed by atoms with E-state index in [0.717, 1.165) is 145 Å². The number of benzene rings is 20. The van der Waals surface area contributed by atoms with Crippen LogP contribution in [0.3, 0.4) is 0 Å². The van der Waals surface area contributed by atoms with Crippen LogP contribution in [0.4, 0.5) is 34.1 Å². The molecule has 20 aromatic carbocycles. The summed E-state index contributed by atoms with van der Waals surface area (Å²) in [6.07, 6.45) is 0. The van der Waals surface area contributed by atoms with Crippen molar-refractivity contribution >= 4 is 122 Å². The number of fused-ring (bicyclic) bond motifs is 15. The fourth-order valence-corrected chi connectivity index (χ4v) is 19.3. The molecule has 0 unspecified atom stereocenters. The molecule has 0 spiro atoms. The topological polar surface area (TPSA) is 11.4 Å². The summed E-state index contributed by atoms with van der Waals surface area (Å²) < 4.78 is 2.66. The van der Waals surface area contributed by atoms with Crippen molar-refractivity contribution in [2.45, 2.75) is 0 Å². The molecule has 116 heavy (non-hydrogen) atoms. The van der Waals surface area contributed by atoms with Crippen molar-refractivity contribution in [3.63, 3.8) is 0 Å². The van der Waals surface area contributed by atoms with Crippen LogP contribution in [0.15, 0.2) is 437 Å². The first-order valence-corrected chi connectivity index (χ1v) is 40.2. The van der Waals surface area contributed by atoms with Crippen molar-refractivity contribution < 1.29 is 0 Å². The molecule has 2 aliphatic rings. The lowest BCUT2D eigenvalue weighted by molar-refractivity contribution is 1.16. The minimum atomic E-state index is -0.325. The van der Waals surface area contributed by atoms with E-state index < -0.39 is 0 Å². The molecule has 3 heterocycles. The van der Waals surface area contributed by atoms with Gasteiger partial charge in [0.2, 0.25) is 0 Å². The van der Waals surface area contributed by atoms with Crippen LogP contribution in [0.5, 0.6) is 0 Å². The molecule has 0 N–H and O–H groups in total. The average Bonchev–Trinajstić information content (AvgIpc) is 1.06. The molecule has 0 bridgehead atoms. The average molecular weight is 1470 g/mol. The Balaban J connectivity index is 0.931. The summed E-state index contributed by atoms with van der Waals surface area (Å²) in [5, 5.41) is 12.1. The second-order valence-corrected chi connectivity index (χ2v) is 30.9. The Morgan fingerprint density at radius 3 is 0.957 bits per heavy atom. The van der Waals surface area contributed by atoms with Gasteiger partial charge in [-0.25, -0.2) is 0 Å². The van der Waals surface area contributed by atoms with Gasteiger partial charge in [0.1, 0.15) is 0 Å². The lowest BCUT2D eigenvalue weighted by Crippen LogP contribution is -2.61. The van der Waals surface area contributed by atoms with Gasteiger partial charge in [-0.3, -0.25) is 0 Å². The van der Waals surface area contributed by atoms with E-state index in [4.69, 9.17) is 0 Å². The zero-order valence-corrected chi connectivity index (χ0v) is 63.5. The molecule has 4 heteroatoms. The van der Waals surface area contributed by atoms with E-state index in [1.165, 1.54) is 75.8 Å². The molecule has 0 saturated carbocycles. The van der Waals surface area contributed by atoms with Crippen molar-refractivity contribution in [2.75, 3.05) is 9.80 Å². The zero-order valence-electron chi connectivity index (χ0n) is 63.5. The van der Waals surface area contributed by atoms with Crippen molar-refractivity contribution in [3.8, 4) is 106 Å². The van der Waals surface area contributed by atoms with Gasteiger partial charge < -0.3 is 14.4 Å². The minimum absolute atomic E-state index is 0.325. The number of nitrogens with zero attached hydrogens (tertiary/aromatic N) is 3. The Kier molecular flexibility index (Phi) is 15.7. The SMILES string of the molecule is c1ccc(-c2ccc3c(c2)B2c4cc(-c5ccccc5)ccc4N(c4c(-c5ccccc5)cc(-c5ccccc5)cc4-c4ccccc4)c4cc(-n5c6ccc(-c7cc8ccccc8c8ccccc78)cc6c6c7ccccc7c7ccccc7c65)cc(c42)N3c2c(-c3ccccc3)cc(-c3ccccc3)cc2-c2ccccc2)cc1. The molecule has 538 valence electrons. The van der Waals surface area contributed by atoms with Gasteiger partial charge in [-0.15, -0.1) is 0 Å². The smallest absolute Gasteiger partial charge is 0.252 e. The second-order valence-electron chi connectivity index (χ2n) is 30.9. The first kappa shape index (κ1) is 66.7. The molecule has 1 aromatic heterocycles. The van der Waals surface area contributed by atoms with E-state index >= 15 is 0 Å². The standard InChI is InChI=1S/C112H72BN3/c1-9-33-73(34-10-1)81-57-61-104-101(69-81)113-102-70-82(74-35-11-2-12-36-74)58-62-105(102)116(111-98(79-45-21-7-22-46-79)67-86(76-39-15-4-16-40-76)68-99(111)80-47-23-8-24-48-80)107-72-87(71-106(109(107)113)115(104)110-96(77-41-17-5-18-42-77)65-85(75-37-13-3-14-38-75)66-97(110)78-43-19-6-20-44-78)114-103-60-59-84(95-63-83-49-25-26-50-88(83)89-51-27-28-54-92(89)95)64-100(103)108-93-55-31-29-52-90(93)91-53-30-32-56-94(91)112(108)114/h1-72H. The Morgan fingerprint density at radius 2 is 0.526 bits per heavy atom. The summed E-state index contributed by atoms with van der Waals surface area (Å²) in [7, 11) is 0. The number of hydrogen-bond acceptors (Lipinski definition) is 2. The molecular weight excluding hydrogens is 1400 g/mol. The lowest BCUT2D eigenvalue weighted by atomic mass is 9.33. The molecule has 0 amide bonds. The molecule has 21 aromatic rings. The number of hydrogen-bond donors (Lipinski definition) is 0. The van der Waals surface area contributed by atoms with Crippen LogP contribution in [0, 0.1) is 0 Å². The van der Waals surface area contributed by atoms with E-state index in [9.17, 15) is 0 Å². The lowest BCUT2D eigenvalue weighted by Gasteiger charge is -2.46. The fourth-order valence-electron chi connectivity index (χ4n) is 19.3. The van der Waals surface area contributed by atoms with Gasteiger partial charge in [-0.05, 0) is 199 Å². The maximum absolute atomic E-state index is 2.71. The number of aromatic nitrogens is 1. The van der Waals surface area contributed by atoms with Crippen molar-refractivity contribution in [1.82, 2.24) is 4.57 Å². The Hall–Kier alpha value is -15.1. The molecule has 0 saturated heterocycles. The largest absolute Gasteiger partial charge is 0.310 e. The Labute approximate surface area is 674 Å². The van der Waals surface area contributed by atoms with Crippen LogP contribution < -0.4 is 26.2 Å². The van der Waals surface area contributed by atoms with Crippen LogP contribution in [0.2, 0.25) is 0 Å². The van der Waals surface area contributed by atoms with Gasteiger partial charge in [0.15, 0.2) is 0 Å². The van der Waals surface area contributed by atoms with E-state index in [2.05, 4.69) is 451 Å². The summed E-state index contributed by atoms with van der Waals surface area (Å²) >= 11 is 0. The molecule has 3 nitrogen and oxygen atoms in total. The highest BCUT2D eigenvalue weighted by atomic mass is 15.2. The molecule has 23 rings (SSSR count). The normalized spacial score (nSPS) is 12.3. The molecular formula is C112H72BN3. The summed E-state index contributed by atoms with van der Waals surface area (Å²) in [4.78, 5) is 5.43. The molecule has 0 radical (unpaired) electrons. The van der Waals surface area contributed by atoms with Gasteiger partial charge in [0.05, 0.1) is 28.1 Å². The highest BCUT2D eigenvalue weighted by Gasteiger charge is 2.46. The molecule has 0 atom stereocenters. The highest BCUT2D eigenvalue weighted by Crippen LogP contribution is 2.57. The zero-order chi connectivity index (χ0) is 76.3. The maximum Gasteiger partial charge on any atom is 0.252 e. The van der Waals surface area contributed by atoms with Crippen LogP contribution >= 0.6 is 0 Å². The number of anilines is 6. The fraction of sp³-hybridized carbons (Fsp3) is 0. The predicted octanol–water partition coefficient (Wildman–Crippen LogP) is 28.5. The maximum atomic E-state index is 2.71. The van der Waals surface area contributed by atoms with E-state index in [-0.39, 0.29) is 6.71 Å². The molecule has 0 fully saturated rings. The van der Waals surface area contributed by atoms with E-state index in [1.807, 2.05) is 0 Å². The van der Waals surface area contributed by atoms with E-state index in [1.54, 1.807) is 0 Å². The Morgan fingerprint density at radius 1 is 0.190 bits per heavy atom. The summed E-state index contributed by atoms with van der Waals surface area (Å²) in [5.74, 6) is 0. The van der Waals surface area contributed by atoms with Gasteiger partial charge in [-0.1, -0.05) is 370 Å². The van der Waals surface area contributed by atoms with E-state index in [0.29, 0.717) is 0 Å². The summed E-state index contributed by atoms with van der Waals surface area (Å²) in [6.45, 7) is -0.325. The first-order chi connectivity index (χ1) is 57.6. The first-order valence-electron chi connectivity index (χ1n) is 40.2. The third kappa shape index (κ3) is 10.8.